The van der Waals surface area contributed by atoms with Gasteiger partial charge in [0.05, 0.1) is 25.2 Å². The van der Waals surface area contributed by atoms with Crippen molar-refractivity contribution in [3.05, 3.63) is 35.4 Å². The van der Waals surface area contributed by atoms with E-state index in [-0.39, 0.29) is 0 Å². The lowest BCUT2D eigenvalue weighted by molar-refractivity contribution is 0.413. The van der Waals surface area contributed by atoms with Crippen molar-refractivity contribution in [2.45, 2.75) is 6.42 Å². The molecule has 0 aromatic heterocycles. The molecule has 0 aliphatic heterocycles. The second kappa shape index (κ2) is 5.47. The molecule has 0 radical (unpaired) electrons. The molecule has 0 aliphatic carbocycles. The minimum absolute atomic E-state index is 0.377. The molecule has 0 fully saturated rings. The Hall–Kier alpha value is -2.26. The average molecular weight is 198 g/mol. The van der Waals surface area contributed by atoms with Gasteiger partial charge in [0.25, 0.3) is 0 Å². The largest absolute Gasteiger partial charge is 0.495 e. The summed E-state index contributed by atoms with van der Waals surface area (Å²) in [5.41, 5.74) is 1.43. The van der Waals surface area contributed by atoms with Crippen molar-refractivity contribution in [2.24, 2.45) is 0 Å². The van der Waals surface area contributed by atoms with E-state index in [4.69, 9.17) is 15.3 Å². The van der Waals surface area contributed by atoms with Gasteiger partial charge in [0, 0.05) is 0 Å². The number of benzene rings is 1. The van der Waals surface area contributed by atoms with Crippen molar-refractivity contribution in [3.8, 4) is 17.9 Å². The van der Waals surface area contributed by atoms with Crippen LogP contribution in [0, 0.1) is 22.7 Å². The number of allylic oxidation sites excluding steroid dienone is 1. The van der Waals surface area contributed by atoms with Crippen molar-refractivity contribution in [2.75, 3.05) is 7.11 Å². The lowest BCUT2D eigenvalue weighted by Gasteiger charge is -2.02. The first kappa shape index (κ1) is 10.8. The second-order valence-corrected chi connectivity index (χ2v) is 2.84. The number of hydrogen-bond acceptors (Lipinski definition) is 3. The van der Waals surface area contributed by atoms with Crippen LogP contribution in [0.3, 0.4) is 0 Å². The van der Waals surface area contributed by atoms with Gasteiger partial charge in [0.1, 0.15) is 11.8 Å². The highest BCUT2D eigenvalue weighted by Gasteiger charge is 2.01. The highest BCUT2D eigenvalue weighted by Crippen LogP contribution is 2.19. The Morgan fingerprint density at radius 1 is 1.40 bits per heavy atom. The predicted molar refractivity (Wildman–Crippen MR) is 57.0 cm³/mol. The van der Waals surface area contributed by atoms with Crippen molar-refractivity contribution < 1.29 is 4.74 Å². The van der Waals surface area contributed by atoms with Crippen LogP contribution in [-0.2, 0) is 0 Å². The number of rotatable bonds is 3. The smallest absolute Gasteiger partial charge is 0.137 e. The van der Waals surface area contributed by atoms with E-state index in [1.54, 1.807) is 18.2 Å². The Labute approximate surface area is 88.8 Å². The summed E-state index contributed by atoms with van der Waals surface area (Å²) in [6.45, 7) is 0. The average Bonchev–Trinajstić information content (AvgIpc) is 2.29. The molecule has 0 amide bonds. The molecule has 0 bridgehead atoms. The fourth-order valence-electron chi connectivity index (χ4n) is 1.15. The van der Waals surface area contributed by atoms with Gasteiger partial charge in [-0.25, -0.2) is 0 Å². The molecule has 1 aromatic rings. The number of methoxy groups -OCH3 is 1. The first-order valence-corrected chi connectivity index (χ1v) is 4.43. The molecule has 15 heavy (non-hydrogen) atoms. The summed E-state index contributed by atoms with van der Waals surface area (Å²) >= 11 is 0. The molecule has 0 aliphatic rings. The van der Waals surface area contributed by atoms with E-state index < -0.39 is 0 Å². The first-order valence-electron chi connectivity index (χ1n) is 4.43. The highest BCUT2D eigenvalue weighted by molar-refractivity contribution is 5.56. The third-order valence-electron chi connectivity index (χ3n) is 1.87. The summed E-state index contributed by atoms with van der Waals surface area (Å²) < 4.78 is 5.06. The van der Waals surface area contributed by atoms with Crippen LogP contribution < -0.4 is 4.74 Å². The zero-order valence-electron chi connectivity index (χ0n) is 8.40. The molecule has 3 nitrogen and oxygen atoms in total. The van der Waals surface area contributed by atoms with E-state index >= 15 is 0 Å². The molecule has 1 rings (SSSR count). The lowest BCUT2D eigenvalue weighted by Crippen LogP contribution is -1.88. The van der Waals surface area contributed by atoms with E-state index in [1.807, 2.05) is 24.3 Å². The van der Waals surface area contributed by atoms with Crippen LogP contribution in [0.25, 0.3) is 6.08 Å². The number of nitrogens with zero attached hydrogens (tertiary/aromatic N) is 2. The molecule has 3 heteroatoms. The first-order chi connectivity index (χ1) is 7.31. The molecular weight excluding hydrogens is 188 g/mol. The van der Waals surface area contributed by atoms with Crippen LogP contribution in [0.5, 0.6) is 5.75 Å². The van der Waals surface area contributed by atoms with Gasteiger partial charge in [0.15, 0.2) is 0 Å². The van der Waals surface area contributed by atoms with Crippen LogP contribution in [0.4, 0.5) is 0 Å². The summed E-state index contributed by atoms with van der Waals surface area (Å²) in [6.07, 6.45) is 3.97. The minimum Gasteiger partial charge on any atom is -0.495 e. The molecule has 0 saturated carbocycles. The molecule has 0 spiro atoms. The topological polar surface area (TPSA) is 56.8 Å². The second-order valence-electron chi connectivity index (χ2n) is 2.84. The molecule has 0 N–H and O–H groups in total. The van der Waals surface area contributed by atoms with Gasteiger partial charge < -0.3 is 4.74 Å². The minimum atomic E-state index is 0.377. The standard InChI is InChI=1S/C12H10N2O/c1-15-12-8-10(4-2-3-7-13)5-6-11(12)9-14/h2,4-6,8H,3H2,1H3. The fraction of sp³-hybridized carbons (Fsp3) is 0.167. The maximum Gasteiger partial charge on any atom is 0.137 e. The van der Waals surface area contributed by atoms with Gasteiger partial charge in [-0.3, -0.25) is 0 Å². The van der Waals surface area contributed by atoms with Crippen molar-refractivity contribution in [3.63, 3.8) is 0 Å². The summed E-state index contributed by atoms with van der Waals surface area (Å²) in [4.78, 5) is 0. The fourth-order valence-corrected chi connectivity index (χ4v) is 1.15. The lowest BCUT2D eigenvalue weighted by atomic mass is 10.1. The Kier molecular flexibility index (Phi) is 3.94. The molecular formula is C12H10N2O. The quantitative estimate of drug-likeness (QED) is 0.749. The normalized spacial score (nSPS) is 9.53. The molecule has 0 heterocycles. The van der Waals surface area contributed by atoms with E-state index in [2.05, 4.69) is 0 Å². The van der Waals surface area contributed by atoms with Crippen LogP contribution in [0.1, 0.15) is 17.5 Å². The summed E-state index contributed by atoms with van der Waals surface area (Å²) in [5.74, 6) is 0.552. The Balaban J connectivity index is 2.95. The third-order valence-corrected chi connectivity index (χ3v) is 1.87. The number of ether oxygens (including phenoxy) is 1. The summed E-state index contributed by atoms with van der Waals surface area (Å²) in [5, 5.41) is 17.1. The SMILES string of the molecule is COc1cc(C=CCC#N)ccc1C#N. The Morgan fingerprint density at radius 2 is 2.20 bits per heavy atom. The van der Waals surface area contributed by atoms with Crippen LogP contribution in [0.15, 0.2) is 24.3 Å². The molecule has 0 saturated heterocycles. The van der Waals surface area contributed by atoms with Gasteiger partial charge in [-0.1, -0.05) is 18.2 Å². The monoisotopic (exact) mass is 198 g/mol. The predicted octanol–water partition coefficient (Wildman–Crippen LogP) is 2.49. The molecule has 74 valence electrons. The van der Waals surface area contributed by atoms with Gasteiger partial charge >= 0.3 is 0 Å². The van der Waals surface area contributed by atoms with Crippen molar-refractivity contribution in [1.29, 1.82) is 10.5 Å². The van der Waals surface area contributed by atoms with Gasteiger partial charge in [-0.15, -0.1) is 0 Å². The summed E-state index contributed by atoms with van der Waals surface area (Å²) in [7, 11) is 1.53. The van der Waals surface area contributed by atoms with Crippen LogP contribution in [-0.4, -0.2) is 7.11 Å². The van der Waals surface area contributed by atoms with E-state index in [0.29, 0.717) is 17.7 Å². The number of hydrogen-bond donors (Lipinski definition) is 0. The highest BCUT2D eigenvalue weighted by atomic mass is 16.5. The maximum atomic E-state index is 8.76. The maximum absolute atomic E-state index is 8.76. The zero-order chi connectivity index (χ0) is 11.1. The summed E-state index contributed by atoms with van der Waals surface area (Å²) in [6, 6.07) is 9.34. The molecule has 1 aromatic carbocycles. The Morgan fingerprint density at radius 3 is 2.80 bits per heavy atom. The third kappa shape index (κ3) is 2.86. The van der Waals surface area contributed by atoms with Gasteiger partial charge in [0.2, 0.25) is 0 Å². The van der Waals surface area contributed by atoms with Crippen LogP contribution in [0.2, 0.25) is 0 Å². The van der Waals surface area contributed by atoms with Crippen molar-refractivity contribution >= 4 is 6.08 Å². The van der Waals surface area contributed by atoms with E-state index in [9.17, 15) is 0 Å². The van der Waals surface area contributed by atoms with E-state index in [1.165, 1.54) is 7.11 Å². The van der Waals surface area contributed by atoms with E-state index in [0.717, 1.165) is 5.56 Å². The van der Waals surface area contributed by atoms with Crippen LogP contribution >= 0.6 is 0 Å². The molecule has 0 unspecified atom stereocenters. The zero-order valence-corrected chi connectivity index (χ0v) is 8.40. The van der Waals surface area contributed by atoms with Gasteiger partial charge in [-0.2, -0.15) is 10.5 Å². The number of nitriles is 2. The molecule has 0 atom stereocenters. The van der Waals surface area contributed by atoms with Gasteiger partial charge in [-0.05, 0) is 17.7 Å². The Bertz CT molecular complexity index is 450. The van der Waals surface area contributed by atoms with Crippen molar-refractivity contribution in [1.82, 2.24) is 0 Å².